The molecule has 0 aliphatic carbocycles. The number of rotatable bonds is 5. The summed E-state index contributed by atoms with van der Waals surface area (Å²) in [5.74, 6) is -0.353. The molecule has 0 fully saturated rings. The Bertz CT molecular complexity index is 1070. The van der Waals surface area contributed by atoms with Gasteiger partial charge < -0.3 is 5.32 Å². The number of hydrogen-bond acceptors (Lipinski definition) is 6. The number of anilines is 1. The van der Waals surface area contributed by atoms with Gasteiger partial charge in [0.1, 0.15) is 11.9 Å². The predicted molar refractivity (Wildman–Crippen MR) is 97.2 cm³/mol. The Hall–Kier alpha value is -2.76. The van der Waals surface area contributed by atoms with Crippen LogP contribution in [0.3, 0.4) is 0 Å². The van der Waals surface area contributed by atoms with Gasteiger partial charge in [-0.3, -0.25) is 0 Å². The molecule has 0 amide bonds. The average Bonchev–Trinajstić information content (AvgIpc) is 3.17. The molecule has 0 saturated heterocycles. The van der Waals surface area contributed by atoms with E-state index in [4.69, 9.17) is 0 Å². The van der Waals surface area contributed by atoms with Gasteiger partial charge in [-0.25, -0.2) is 17.8 Å². The Morgan fingerprint density at radius 2 is 2.04 bits per heavy atom. The van der Waals surface area contributed by atoms with Crippen LogP contribution in [0.2, 0.25) is 0 Å². The van der Waals surface area contributed by atoms with Crippen LogP contribution in [0.15, 0.2) is 63.3 Å². The number of aromatic nitrogens is 1. The fraction of sp³-hybridized carbons (Fsp3) is 0.111. The molecule has 0 spiro atoms. The van der Waals surface area contributed by atoms with Gasteiger partial charge in [-0.15, -0.1) is 11.3 Å². The third-order valence-electron chi connectivity index (χ3n) is 3.81. The molecule has 2 aromatic carbocycles. The Balaban J connectivity index is 1.93. The first kappa shape index (κ1) is 18.0. The van der Waals surface area contributed by atoms with Crippen LogP contribution in [0.25, 0.3) is 0 Å². The fourth-order valence-corrected chi connectivity index (χ4v) is 4.73. The number of nitrogens with zero attached hydrogens (tertiary/aromatic N) is 2. The van der Waals surface area contributed by atoms with Crippen molar-refractivity contribution >= 4 is 26.9 Å². The van der Waals surface area contributed by atoms with Crippen molar-refractivity contribution in [2.24, 2.45) is 0 Å². The van der Waals surface area contributed by atoms with Crippen molar-refractivity contribution in [2.75, 3.05) is 5.32 Å². The average molecular weight is 387 g/mol. The maximum absolute atomic E-state index is 13.9. The van der Waals surface area contributed by atoms with Gasteiger partial charge in [-0.2, -0.15) is 5.26 Å². The zero-order valence-corrected chi connectivity index (χ0v) is 15.3. The minimum atomic E-state index is -3.76. The van der Waals surface area contributed by atoms with Crippen molar-refractivity contribution in [3.63, 3.8) is 0 Å². The Morgan fingerprint density at radius 3 is 2.69 bits per heavy atom. The maximum Gasteiger partial charge on any atom is 0.233 e. The highest BCUT2D eigenvalue weighted by atomic mass is 32.2. The number of hydrogen-bond donors (Lipinski definition) is 1. The zero-order chi connectivity index (χ0) is 18.7. The van der Waals surface area contributed by atoms with Crippen molar-refractivity contribution in [3.8, 4) is 6.07 Å². The summed E-state index contributed by atoms with van der Waals surface area (Å²) in [6, 6.07) is 12.2. The van der Waals surface area contributed by atoms with Gasteiger partial charge >= 0.3 is 0 Å². The van der Waals surface area contributed by atoms with Gasteiger partial charge in [0, 0.05) is 17.1 Å². The fourth-order valence-electron chi connectivity index (χ4n) is 2.49. The van der Waals surface area contributed by atoms with Gasteiger partial charge in [-0.05, 0) is 31.2 Å². The summed E-state index contributed by atoms with van der Waals surface area (Å²) in [5.41, 5.74) is 1.04. The monoisotopic (exact) mass is 387 g/mol. The van der Waals surface area contributed by atoms with Gasteiger partial charge in [0.05, 0.1) is 22.2 Å². The van der Waals surface area contributed by atoms with Crippen LogP contribution in [0, 0.1) is 17.1 Å². The van der Waals surface area contributed by atoms with E-state index >= 15 is 0 Å². The van der Waals surface area contributed by atoms with E-state index < -0.39 is 15.9 Å². The van der Waals surface area contributed by atoms with E-state index in [1.807, 2.05) is 6.07 Å². The van der Waals surface area contributed by atoms with Crippen molar-refractivity contribution < 1.29 is 12.8 Å². The molecule has 0 aliphatic rings. The first-order valence-corrected chi connectivity index (χ1v) is 9.99. The lowest BCUT2D eigenvalue weighted by molar-refractivity contribution is 0.595. The smallest absolute Gasteiger partial charge is 0.233 e. The third kappa shape index (κ3) is 3.45. The highest BCUT2D eigenvalue weighted by Gasteiger charge is 2.22. The first-order valence-electron chi connectivity index (χ1n) is 7.63. The predicted octanol–water partition coefficient (Wildman–Crippen LogP) is 4.16. The molecule has 0 bridgehead atoms. The largest absolute Gasteiger partial charge is 0.377 e. The molecule has 132 valence electrons. The molecule has 1 N–H and O–H groups in total. The van der Waals surface area contributed by atoms with Gasteiger partial charge in [0.2, 0.25) is 14.2 Å². The number of benzene rings is 2. The van der Waals surface area contributed by atoms with Crippen molar-refractivity contribution in [3.05, 3.63) is 71.0 Å². The molecule has 3 aromatic rings. The second-order valence-electron chi connectivity index (χ2n) is 5.51. The molecule has 1 atom stereocenters. The minimum Gasteiger partial charge on any atom is -0.377 e. The molecule has 8 heteroatoms. The highest BCUT2D eigenvalue weighted by Crippen LogP contribution is 2.28. The summed E-state index contributed by atoms with van der Waals surface area (Å²) in [5, 5.41) is 14.0. The van der Waals surface area contributed by atoms with E-state index in [9.17, 15) is 18.1 Å². The van der Waals surface area contributed by atoms with Crippen LogP contribution in [-0.4, -0.2) is 13.4 Å². The Labute approximate surface area is 154 Å². The van der Waals surface area contributed by atoms with Crippen LogP contribution in [0.4, 0.5) is 10.1 Å². The summed E-state index contributed by atoms with van der Waals surface area (Å²) >= 11 is 1.01. The van der Waals surface area contributed by atoms with E-state index in [2.05, 4.69) is 10.3 Å². The molecular weight excluding hydrogens is 373 g/mol. The lowest BCUT2D eigenvalue weighted by Crippen LogP contribution is -2.10. The van der Waals surface area contributed by atoms with E-state index in [-0.39, 0.29) is 20.6 Å². The van der Waals surface area contributed by atoms with Gasteiger partial charge in [0.15, 0.2) is 0 Å². The number of halogens is 1. The summed E-state index contributed by atoms with van der Waals surface area (Å²) in [6.07, 6.45) is 1.41. The molecule has 0 aliphatic heterocycles. The van der Waals surface area contributed by atoms with Crippen molar-refractivity contribution in [1.82, 2.24) is 4.98 Å². The third-order valence-corrected chi connectivity index (χ3v) is 6.76. The van der Waals surface area contributed by atoms with Crippen LogP contribution >= 0.6 is 11.3 Å². The Kier molecular flexibility index (Phi) is 5.02. The van der Waals surface area contributed by atoms with Crippen molar-refractivity contribution in [2.45, 2.75) is 22.2 Å². The number of sulfone groups is 1. The van der Waals surface area contributed by atoms with Crippen LogP contribution in [0.1, 0.15) is 24.1 Å². The molecular formula is C18H14FN3O2S2. The van der Waals surface area contributed by atoms with Gasteiger partial charge in [-0.1, -0.05) is 18.2 Å². The number of nitriles is 1. The van der Waals surface area contributed by atoms with E-state index in [1.165, 1.54) is 30.5 Å². The standard InChI is InChI=1S/C18H14FN3O2S2/c1-12(15-4-2-3-5-16(15)19)22-17-7-6-14(10-13(17)11-20)26(23,24)18-21-8-9-25-18/h2-10,12,22H,1H3/t12-/m0/s1. The normalized spacial score (nSPS) is 12.3. The molecule has 0 radical (unpaired) electrons. The topological polar surface area (TPSA) is 82.8 Å². The number of thiazole rings is 1. The summed E-state index contributed by atoms with van der Waals surface area (Å²) in [6.45, 7) is 1.76. The van der Waals surface area contributed by atoms with Crippen LogP contribution < -0.4 is 5.32 Å². The molecule has 0 saturated carbocycles. The quantitative estimate of drug-likeness (QED) is 0.711. The molecule has 26 heavy (non-hydrogen) atoms. The van der Waals surface area contributed by atoms with Crippen molar-refractivity contribution in [1.29, 1.82) is 5.26 Å². The number of nitrogens with one attached hydrogen (secondary N) is 1. The molecule has 0 unspecified atom stereocenters. The second-order valence-corrected chi connectivity index (χ2v) is 8.53. The van der Waals surface area contributed by atoms with Gasteiger partial charge in [0.25, 0.3) is 0 Å². The lowest BCUT2D eigenvalue weighted by Gasteiger charge is -2.17. The minimum absolute atomic E-state index is 0.00639. The highest BCUT2D eigenvalue weighted by molar-refractivity contribution is 7.93. The van der Waals surface area contributed by atoms with Crippen LogP contribution in [-0.2, 0) is 9.84 Å². The van der Waals surface area contributed by atoms with Crippen LogP contribution in [0.5, 0.6) is 0 Å². The zero-order valence-electron chi connectivity index (χ0n) is 13.7. The Morgan fingerprint density at radius 1 is 1.27 bits per heavy atom. The maximum atomic E-state index is 13.9. The van der Waals surface area contributed by atoms with E-state index in [0.29, 0.717) is 11.3 Å². The molecule has 1 heterocycles. The summed E-state index contributed by atoms with van der Waals surface area (Å²) < 4.78 is 38.9. The first-order chi connectivity index (χ1) is 12.4. The SMILES string of the molecule is C[C@H](Nc1ccc(S(=O)(=O)c2nccs2)cc1C#N)c1ccccc1F. The molecule has 3 rings (SSSR count). The van der Waals surface area contributed by atoms with E-state index in [1.54, 1.807) is 30.5 Å². The lowest BCUT2D eigenvalue weighted by atomic mass is 10.1. The summed E-state index contributed by atoms with van der Waals surface area (Å²) in [7, 11) is -3.76. The molecule has 1 aromatic heterocycles. The second kappa shape index (κ2) is 7.23. The van der Waals surface area contributed by atoms with E-state index in [0.717, 1.165) is 11.3 Å². The summed E-state index contributed by atoms with van der Waals surface area (Å²) in [4.78, 5) is 3.82. The molecule has 5 nitrogen and oxygen atoms in total.